The van der Waals surface area contributed by atoms with Crippen molar-refractivity contribution in [2.45, 2.75) is 25.5 Å². The molecule has 0 spiro atoms. The molecular formula is C13H14ClN3O2S. The molecule has 0 unspecified atom stereocenters. The van der Waals surface area contributed by atoms with E-state index in [1.54, 1.807) is 12.1 Å². The lowest BCUT2D eigenvalue weighted by Gasteiger charge is -2.06. The molecule has 0 aliphatic rings. The molecule has 2 aromatic rings. The van der Waals surface area contributed by atoms with Crippen LogP contribution in [0, 0.1) is 6.92 Å². The van der Waals surface area contributed by atoms with Gasteiger partial charge in [-0.1, -0.05) is 36.4 Å². The maximum absolute atomic E-state index is 11.8. The highest BCUT2D eigenvalue weighted by molar-refractivity contribution is 7.99. The normalized spacial score (nSPS) is 10.6. The molecular weight excluding hydrogens is 298 g/mol. The SMILES string of the molecule is CCc1nnc(SCC(=O)Nc2ccc(C)cc2Cl)o1. The smallest absolute Gasteiger partial charge is 0.277 e. The van der Waals surface area contributed by atoms with Crippen LogP contribution in [0.2, 0.25) is 5.02 Å². The number of nitrogens with zero attached hydrogens (tertiary/aromatic N) is 2. The molecule has 5 nitrogen and oxygen atoms in total. The number of benzene rings is 1. The Morgan fingerprint density at radius 2 is 2.25 bits per heavy atom. The molecule has 0 bridgehead atoms. The summed E-state index contributed by atoms with van der Waals surface area (Å²) in [4.78, 5) is 11.8. The quantitative estimate of drug-likeness (QED) is 0.858. The predicted molar refractivity (Wildman–Crippen MR) is 79.2 cm³/mol. The van der Waals surface area contributed by atoms with Crippen LogP contribution in [0.1, 0.15) is 18.4 Å². The molecule has 1 heterocycles. The van der Waals surface area contributed by atoms with Gasteiger partial charge in [0.05, 0.1) is 16.5 Å². The van der Waals surface area contributed by atoms with Crippen LogP contribution in [0.15, 0.2) is 27.8 Å². The number of nitrogens with one attached hydrogen (secondary N) is 1. The molecule has 0 fully saturated rings. The van der Waals surface area contributed by atoms with Gasteiger partial charge in [0.1, 0.15) is 0 Å². The number of aromatic nitrogens is 2. The first kappa shape index (κ1) is 14.9. The molecule has 7 heteroatoms. The number of halogens is 1. The summed E-state index contributed by atoms with van der Waals surface area (Å²) in [7, 11) is 0. The minimum absolute atomic E-state index is 0.169. The highest BCUT2D eigenvalue weighted by atomic mass is 35.5. The number of amides is 1. The Morgan fingerprint density at radius 1 is 1.45 bits per heavy atom. The van der Waals surface area contributed by atoms with Crippen molar-refractivity contribution in [2.75, 3.05) is 11.1 Å². The van der Waals surface area contributed by atoms with Crippen molar-refractivity contribution in [3.63, 3.8) is 0 Å². The number of hydrogen-bond acceptors (Lipinski definition) is 5. The lowest BCUT2D eigenvalue weighted by atomic mass is 10.2. The van der Waals surface area contributed by atoms with Gasteiger partial charge in [0.2, 0.25) is 11.8 Å². The molecule has 1 aromatic heterocycles. The van der Waals surface area contributed by atoms with Crippen molar-refractivity contribution >= 4 is 35.0 Å². The third-order valence-electron chi connectivity index (χ3n) is 2.48. The van der Waals surface area contributed by atoms with Crippen LogP contribution in [-0.2, 0) is 11.2 Å². The standard InChI is InChI=1S/C13H14ClN3O2S/c1-3-12-16-17-13(19-12)20-7-11(18)15-10-5-4-8(2)6-9(10)14/h4-6H,3,7H2,1-2H3,(H,15,18). The Labute approximate surface area is 126 Å². The Bertz CT molecular complexity index is 615. The molecule has 20 heavy (non-hydrogen) atoms. The first-order valence-corrected chi connectivity index (χ1v) is 7.46. The fourth-order valence-electron chi connectivity index (χ4n) is 1.47. The number of anilines is 1. The van der Waals surface area contributed by atoms with Gasteiger partial charge in [-0.15, -0.1) is 10.2 Å². The largest absolute Gasteiger partial charge is 0.416 e. The summed E-state index contributed by atoms with van der Waals surface area (Å²) in [6.45, 7) is 3.86. The van der Waals surface area contributed by atoms with Crippen molar-refractivity contribution in [2.24, 2.45) is 0 Å². The third kappa shape index (κ3) is 3.98. The van der Waals surface area contributed by atoms with Crippen LogP contribution in [0.3, 0.4) is 0 Å². The zero-order valence-electron chi connectivity index (χ0n) is 11.1. The highest BCUT2D eigenvalue weighted by Gasteiger charge is 2.10. The zero-order chi connectivity index (χ0) is 14.5. The maximum atomic E-state index is 11.8. The van der Waals surface area contributed by atoms with E-state index in [1.165, 1.54) is 11.8 Å². The van der Waals surface area contributed by atoms with E-state index in [2.05, 4.69) is 15.5 Å². The van der Waals surface area contributed by atoms with Gasteiger partial charge in [-0.3, -0.25) is 4.79 Å². The Balaban J connectivity index is 1.89. The zero-order valence-corrected chi connectivity index (χ0v) is 12.7. The van der Waals surface area contributed by atoms with Gasteiger partial charge in [-0.2, -0.15) is 0 Å². The molecule has 0 saturated heterocycles. The van der Waals surface area contributed by atoms with E-state index in [0.29, 0.717) is 28.2 Å². The fraction of sp³-hybridized carbons (Fsp3) is 0.308. The van der Waals surface area contributed by atoms with Crippen LogP contribution in [0.5, 0.6) is 0 Å². The third-order valence-corrected chi connectivity index (χ3v) is 3.61. The van der Waals surface area contributed by atoms with E-state index in [-0.39, 0.29) is 11.7 Å². The van der Waals surface area contributed by atoms with Crippen molar-refractivity contribution in [1.29, 1.82) is 0 Å². The monoisotopic (exact) mass is 311 g/mol. The second-order valence-corrected chi connectivity index (χ2v) is 5.47. The van der Waals surface area contributed by atoms with Gasteiger partial charge in [0, 0.05) is 6.42 Å². The highest BCUT2D eigenvalue weighted by Crippen LogP contribution is 2.23. The molecule has 0 radical (unpaired) electrons. The first-order valence-electron chi connectivity index (χ1n) is 6.09. The summed E-state index contributed by atoms with van der Waals surface area (Å²) in [6.07, 6.45) is 0.679. The Hall–Kier alpha value is -1.53. The van der Waals surface area contributed by atoms with Crippen molar-refractivity contribution in [3.8, 4) is 0 Å². The number of carbonyl (C=O) groups is 1. The van der Waals surface area contributed by atoms with E-state index >= 15 is 0 Å². The molecule has 1 N–H and O–H groups in total. The fourth-order valence-corrected chi connectivity index (χ4v) is 2.34. The van der Waals surface area contributed by atoms with Gasteiger partial charge in [0.25, 0.3) is 5.22 Å². The van der Waals surface area contributed by atoms with Crippen LogP contribution in [-0.4, -0.2) is 21.9 Å². The topological polar surface area (TPSA) is 68.0 Å². The number of carbonyl (C=O) groups excluding carboxylic acids is 1. The van der Waals surface area contributed by atoms with E-state index in [4.69, 9.17) is 16.0 Å². The molecule has 2 rings (SSSR count). The van der Waals surface area contributed by atoms with Crippen LogP contribution < -0.4 is 5.32 Å². The maximum Gasteiger partial charge on any atom is 0.277 e. The van der Waals surface area contributed by atoms with Gasteiger partial charge < -0.3 is 9.73 Å². The molecule has 1 amide bonds. The lowest BCUT2D eigenvalue weighted by Crippen LogP contribution is -2.14. The van der Waals surface area contributed by atoms with Gasteiger partial charge >= 0.3 is 0 Å². The van der Waals surface area contributed by atoms with Crippen molar-refractivity contribution in [1.82, 2.24) is 10.2 Å². The predicted octanol–water partition coefficient (Wildman–Crippen LogP) is 3.32. The van der Waals surface area contributed by atoms with Gasteiger partial charge in [-0.05, 0) is 24.6 Å². The van der Waals surface area contributed by atoms with Crippen molar-refractivity contribution in [3.05, 3.63) is 34.7 Å². The van der Waals surface area contributed by atoms with Crippen LogP contribution in [0.25, 0.3) is 0 Å². The minimum Gasteiger partial charge on any atom is -0.416 e. The van der Waals surface area contributed by atoms with E-state index in [0.717, 1.165) is 5.56 Å². The van der Waals surface area contributed by atoms with Gasteiger partial charge in [0.15, 0.2) is 0 Å². The second kappa shape index (κ2) is 6.76. The summed E-state index contributed by atoms with van der Waals surface area (Å²) < 4.78 is 5.31. The molecule has 106 valence electrons. The van der Waals surface area contributed by atoms with Crippen LogP contribution in [0.4, 0.5) is 5.69 Å². The summed E-state index contributed by atoms with van der Waals surface area (Å²) in [5, 5.41) is 11.3. The first-order chi connectivity index (χ1) is 9.58. The second-order valence-electron chi connectivity index (χ2n) is 4.14. The molecule has 0 aliphatic carbocycles. The summed E-state index contributed by atoms with van der Waals surface area (Å²) in [5.41, 5.74) is 1.64. The summed E-state index contributed by atoms with van der Waals surface area (Å²) in [5.74, 6) is 0.585. The molecule has 0 atom stereocenters. The van der Waals surface area contributed by atoms with Gasteiger partial charge in [-0.25, -0.2) is 0 Å². The van der Waals surface area contributed by atoms with E-state index in [1.807, 2.05) is 19.9 Å². The number of aryl methyl sites for hydroxylation is 2. The summed E-state index contributed by atoms with van der Waals surface area (Å²) in [6, 6.07) is 5.47. The molecule has 0 saturated carbocycles. The minimum atomic E-state index is -0.169. The average Bonchev–Trinajstić information content (AvgIpc) is 2.88. The molecule has 0 aliphatic heterocycles. The number of rotatable bonds is 5. The van der Waals surface area contributed by atoms with Crippen LogP contribution >= 0.6 is 23.4 Å². The molecule has 1 aromatic carbocycles. The Kier molecular flexibility index (Phi) is 5.03. The summed E-state index contributed by atoms with van der Waals surface area (Å²) >= 11 is 7.25. The van der Waals surface area contributed by atoms with E-state index in [9.17, 15) is 4.79 Å². The average molecular weight is 312 g/mol. The Morgan fingerprint density at radius 3 is 2.90 bits per heavy atom. The van der Waals surface area contributed by atoms with Crippen molar-refractivity contribution < 1.29 is 9.21 Å². The van der Waals surface area contributed by atoms with E-state index < -0.39 is 0 Å². The lowest BCUT2D eigenvalue weighted by molar-refractivity contribution is -0.113. The number of thioether (sulfide) groups is 1. The number of hydrogen-bond donors (Lipinski definition) is 1.